The van der Waals surface area contributed by atoms with Gasteiger partial charge >= 0.3 is 6.18 Å². The Bertz CT molecular complexity index is 1140. The van der Waals surface area contributed by atoms with E-state index in [1.165, 1.54) is 18.3 Å². The van der Waals surface area contributed by atoms with E-state index >= 15 is 0 Å². The smallest absolute Gasteiger partial charge is 0.366 e. The predicted molar refractivity (Wildman–Crippen MR) is 115 cm³/mol. The number of alkyl halides is 3. The molecule has 0 fully saturated rings. The van der Waals surface area contributed by atoms with Gasteiger partial charge in [-0.2, -0.15) is 18.2 Å². The molecule has 1 aliphatic rings. The van der Waals surface area contributed by atoms with Crippen molar-refractivity contribution in [2.24, 2.45) is 0 Å². The van der Waals surface area contributed by atoms with Crippen molar-refractivity contribution in [3.05, 3.63) is 41.6 Å². The molecule has 1 aromatic carbocycles. The number of aromatic nitrogens is 3. The fourth-order valence-corrected chi connectivity index (χ4v) is 4.54. The Labute approximate surface area is 180 Å². The van der Waals surface area contributed by atoms with Crippen molar-refractivity contribution >= 4 is 39.1 Å². The number of para-hydroxylation sites is 1. The molecule has 0 aliphatic heterocycles. The van der Waals surface area contributed by atoms with Gasteiger partial charge in [0.1, 0.15) is 17.4 Å². The molecule has 6 nitrogen and oxygen atoms in total. The highest BCUT2D eigenvalue weighted by Crippen LogP contribution is 2.37. The van der Waals surface area contributed by atoms with Crippen LogP contribution in [0.5, 0.6) is 0 Å². The van der Waals surface area contributed by atoms with E-state index in [0.717, 1.165) is 15.8 Å². The van der Waals surface area contributed by atoms with E-state index in [1.54, 1.807) is 6.92 Å². The summed E-state index contributed by atoms with van der Waals surface area (Å²) in [5, 5.41) is 6.24. The highest BCUT2D eigenvalue weighted by Gasteiger charge is 2.28. The maximum atomic E-state index is 12.7. The first-order chi connectivity index (χ1) is 14.7. The summed E-state index contributed by atoms with van der Waals surface area (Å²) < 4.78 is 39.0. The molecule has 31 heavy (non-hydrogen) atoms. The third kappa shape index (κ3) is 4.84. The first-order valence-corrected chi connectivity index (χ1v) is 10.5. The number of carbonyl (C=O) groups is 1. The summed E-state index contributed by atoms with van der Waals surface area (Å²) in [5.41, 5.74) is 2.72. The first kappa shape index (κ1) is 21.2. The monoisotopic (exact) mass is 447 g/mol. The summed E-state index contributed by atoms with van der Waals surface area (Å²) in [4.78, 5) is 24.9. The van der Waals surface area contributed by atoms with Crippen molar-refractivity contribution in [3.8, 4) is 10.6 Å². The number of aryl methyl sites for hydroxylation is 1. The largest absolute Gasteiger partial charge is 0.405 e. The lowest BCUT2D eigenvalue weighted by Crippen LogP contribution is -2.24. The number of Topliss-reactive ketones (excluding diaryl/α,β-unsaturated/α-hetero) is 1. The number of nitrogens with one attached hydrogen (secondary N) is 2. The molecule has 0 unspecified atom stereocenters. The van der Waals surface area contributed by atoms with Gasteiger partial charge in [-0.05, 0) is 44.4 Å². The van der Waals surface area contributed by atoms with Gasteiger partial charge in [-0.1, -0.05) is 18.2 Å². The Morgan fingerprint density at radius 2 is 2.00 bits per heavy atom. The Kier molecular flexibility index (Phi) is 5.65. The van der Waals surface area contributed by atoms with Crippen molar-refractivity contribution in [2.45, 2.75) is 38.9 Å². The number of nitrogens with zero attached hydrogens (tertiary/aromatic N) is 3. The predicted octanol–water partition coefficient (Wildman–Crippen LogP) is 5.13. The molecule has 10 heteroatoms. The lowest BCUT2D eigenvalue weighted by Gasteiger charge is -2.18. The molecule has 1 aliphatic carbocycles. The highest BCUT2D eigenvalue weighted by atomic mass is 32.1. The number of anilines is 2. The van der Waals surface area contributed by atoms with Crippen LogP contribution in [0, 0.1) is 6.92 Å². The number of ketones is 1. The van der Waals surface area contributed by atoms with Crippen LogP contribution in [0.15, 0.2) is 35.9 Å². The SMILES string of the molecule is CC(=O)C1=CC[C@H](Nc2nc(NCC(F)(F)F)nc(C)c2-c2nc3ccccc3s2)C1. The summed E-state index contributed by atoms with van der Waals surface area (Å²) in [7, 11) is 0. The van der Waals surface area contributed by atoms with Crippen molar-refractivity contribution in [1.29, 1.82) is 0 Å². The number of carbonyl (C=O) groups excluding carboxylic acids is 1. The Balaban J connectivity index is 1.71. The van der Waals surface area contributed by atoms with E-state index in [4.69, 9.17) is 0 Å². The maximum absolute atomic E-state index is 12.7. The van der Waals surface area contributed by atoms with E-state index in [-0.39, 0.29) is 17.8 Å². The molecule has 0 saturated heterocycles. The normalized spacial score (nSPS) is 16.4. The number of fused-ring (bicyclic) bond motifs is 1. The second kappa shape index (κ2) is 8.26. The van der Waals surface area contributed by atoms with Gasteiger partial charge in [-0.25, -0.2) is 9.97 Å². The zero-order chi connectivity index (χ0) is 22.2. The van der Waals surface area contributed by atoms with Crippen LogP contribution in [-0.2, 0) is 4.79 Å². The van der Waals surface area contributed by atoms with E-state index in [0.29, 0.717) is 34.9 Å². The van der Waals surface area contributed by atoms with Crippen molar-refractivity contribution < 1.29 is 18.0 Å². The van der Waals surface area contributed by atoms with Gasteiger partial charge in [-0.15, -0.1) is 11.3 Å². The summed E-state index contributed by atoms with van der Waals surface area (Å²) in [6, 6.07) is 7.59. The lowest BCUT2D eigenvalue weighted by molar-refractivity contribution is -0.115. The van der Waals surface area contributed by atoms with Crippen LogP contribution in [0.25, 0.3) is 20.8 Å². The number of benzene rings is 1. The number of rotatable bonds is 6. The average Bonchev–Trinajstić information content (AvgIpc) is 3.32. The van der Waals surface area contributed by atoms with E-state index < -0.39 is 12.7 Å². The molecule has 4 rings (SSSR count). The molecule has 0 spiro atoms. The number of hydrogen-bond donors (Lipinski definition) is 2. The number of halogens is 3. The van der Waals surface area contributed by atoms with Crippen LogP contribution in [-0.4, -0.2) is 39.5 Å². The third-order valence-corrected chi connectivity index (χ3v) is 6.01. The zero-order valence-electron chi connectivity index (χ0n) is 16.9. The first-order valence-electron chi connectivity index (χ1n) is 9.71. The van der Waals surface area contributed by atoms with E-state index in [1.807, 2.05) is 30.3 Å². The summed E-state index contributed by atoms with van der Waals surface area (Å²) in [6.07, 6.45) is -1.35. The van der Waals surface area contributed by atoms with Crippen LogP contribution in [0.3, 0.4) is 0 Å². The van der Waals surface area contributed by atoms with Gasteiger partial charge in [0.25, 0.3) is 0 Å². The van der Waals surface area contributed by atoms with Gasteiger partial charge in [0, 0.05) is 6.04 Å². The molecule has 0 bridgehead atoms. The quantitative estimate of drug-likeness (QED) is 0.546. The van der Waals surface area contributed by atoms with Gasteiger partial charge in [-0.3, -0.25) is 4.79 Å². The summed E-state index contributed by atoms with van der Waals surface area (Å²) in [5.74, 6) is 0.307. The van der Waals surface area contributed by atoms with E-state index in [9.17, 15) is 18.0 Å². The van der Waals surface area contributed by atoms with Crippen LogP contribution in [0.4, 0.5) is 24.9 Å². The molecular weight excluding hydrogens is 427 g/mol. The molecule has 1 atom stereocenters. The standard InChI is InChI=1S/C21H20F3N5OS/c1-11-17(19-28-15-5-3-4-6-16(15)31-19)18(27-14-8-7-13(9-14)12(2)30)29-20(26-11)25-10-21(22,23)24/h3-7,14H,8-10H2,1-2H3,(H2,25,26,27,29)/t14-/m0/s1. The van der Waals surface area contributed by atoms with Crippen LogP contribution in [0.2, 0.25) is 0 Å². The van der Waals surface area contributed by atoms with Crippen molar-refractivity contribution in [3.63, 3.8) is 0 Å². The number of hydrogen-bond acceptors (Lipinski definition) is 7. The van der Waals surface area contributed by atoms with Crippen LogP contribution >= 0.6 is 11.3 Å². The van der Waals surface area contributed by atoms with Gasteiger partial charge in [0.2, 0.25) is 5.95 Å². The van der Waals surface area contributed by atoms with Crippen LogP contribution in [0.1, 0.15) is 25.5 Å². The topological polar surface area (TPSA) is 79.8 Å². The molecule has 2 heterocycles. The minimum Gasteiger partial charge on any atom is -0.366 e. The highest BCUT2D eigenvalue weighted by molar-refractivity contribution is 7.21. The molecule has 3 aromatic rings. The van der Waals surface area contributed by atoms with Crippen molar-refractivity contribution in [1.82, 2.24) is 15.0 Å². The minimum atomic E-state index is -4.39. The summed E-state index contributed by atoms with van der Waals surface area (Å²) in [6.45, 7) is 2.02. The maximum Gasteiger partial charge on any atom is 0.405 e. The second-order valence-electron chi connectivity index (χ2n) is 7.38. The van der Waals surface area contributed by atoms with Crippen molar-refractivity contribution in [2.75, 3.05) is 17.2 Å². The van der Waals surface area contributed by atoms with Crippen LogP contribution < -0.4 is 10.6 Å². The molecule has 0 radical (unpaired) electrons. The van der Waals surface area contributed by atoms with E-state index in [2.05, 4.69) is 25.6 Å². The zero-order valence-corrected chi connectivity index (χ0v) is 17.7. The fraction of sp³-hybridized carbons (Fsp3) is 0.333. The fourth-order valence-electron chi connectivity index (χ4n) is 3.48. The third-order valence-electron chi connectivity index (χ3n) is 4.95. The minimum absolute atomic E-state index is 0.0158. The second-order valence-corrected chi connectivity index (χ2v) is 8.41. The molecule has 0 saturated carbocycles. The number of thiazole rings is 1. The van der Waals surface area contributed by atoms with Gasteiger partial charge < -0.3 is 10.6 Å². The lowest BCUT2D eigenvalue weighted by atomic mass is 10.1. The molecule has 0 amide bonds. The molecule has 2 aromatic heterocycles. The Hall–Kier alpha value is -3.01. The summed E-state index contributed by atoms with van der Waals surface area (Å²) >= 11 is 1.47. The molecular formula is C21H20F3N5OS. The Morgan fingerprint density at radius 3 is 2.68 bits per heavy atom. The average molecular weight is 447 g/mol. The van der Waals surface area contributed by atoms with Gasteiger partial charge in [0.15, 0.2) is 5.78 Å². The molecule has 2 N–H and O–H groups in total. The molecule has 162 valence electrons. The Morgan fingerprint density at radius 1 is 1.23 bits per heavy atom. The van der Waals surface area contributed by atoms with Gasteiger partial charge in [0.05, 0.1) is 21.5 Å².